The number of rotatable bonds is 6. The highest BCUT2D eigenvalue weighted by molar-refractivity contribution is 6.09. The zero-order valence-electron chi connectivity index (χ0n) is 20.5. The molecule has 2 aromatic carbocycles. The number of hydrogen-bond donors (Lipinski definition) is 2. The van der Waals surface area contributed by atoms with Gasteiger partial charge in [-0.15, -0.1) is 0 Å². The molecule has 2 N–H and O–H groups in total. The third-order valence-electron chi connectivity index (χ3n) is 8.42. The van der Waals surface area contributed by atoms with Gasteiger partial charge in [0, 0.05) is 6.04 Å². The van der Waals surface area contributed by atoms with Gasteiger partial charge in [0.1, 0.15) is 5.54 Å². The van der Waals surface area contributed by atoms with Crippen LogP contribution in [0.25, 0.3) is 0 Å². The number of nitrogens with one attached hydrogen (secondary N) is 1. The van der Waals surface area contributed by atoms with Gasteiger partial charge in [0.2, 0.25) is 11.8 Å². The fraction of sp³-hybridized carbons (Fsp3) is 0.483. The first kappa shape index (κ1) is 23.7. The molecule has 2 amide bonds. The molecule has 2 heterocycles. The van der Waals surface area contributed by atoms with Crippen LogP contribution in [0, 0.1) is 31.6 Å². The number of likely N-dealkylation sites (tertiary alicyclic amines) is 1. The van der Waals surface area contributed by atoms with Crippen molar-refractivity contribution in [2.24, 2.45) is 17.8 Å². The SMILES string of the molecule is Cc1ccc(C)c(C2NC(CC3CCCCC3)(C(=O)O)C3C(=O)N(Cc4ccccc4)C(=O)C23)c1. The lowest BCUT2D eigenvalue weighted by atomic mass is 9.72. The van der Waals surface area contributed by atoms with Crippen LogP contribution in [0.2, 0.25) is 0 Å². The molecule has 0 spiro atoms. The first-order valence-electron chi connectivity index (χ1n) is 12.8. The maximum atomic E-state index is 13.9. The third-order valence-corrected chi connectivity index (χ3v) is 8.42. The summed E-state index contributed by atoms with van der Waals surface area (Å²) >= 11 is 0. The number of carbonyl (C=O) groups excluding carboxylic acids is 2. The average molecular weight is 475 g/mol. The standard InChI is InChI=1S/C29H34N2O4/c1-18-13-14-19(2)22(15-18)25-23-24(27(33)31(26(23)32)17-21-11-7-4-8-12-21)29(30-25,28(34)35)16-20-9-5-3-6-10-20/h4,7-8,11-15,20,23-25,30H,3,5-6,9-10,16-17H2,1-2H3,(H,34,35). The van der Waals surface area contributed by atoms with E-state index in [2.05, 4.69) is 5.32 Å². The molecule has 0 bridgehead atoms. The predicted octanol–water partition coefficient (Wildman–Crippen LogP) is 4.54. The number of carboxylic acid groups (broad SMARTS) is 1. The molecule has 1 aliphatic carbocycles. The summed E-state index contributed by atoms with van der Waals surface area (Å²) in [4.78, 5) is 42.1. The van der Waals surface area contributed by atoms with Gasteiger partial charge in [-0.1, -0.05) is 86.2 Å². The summed E-state index contributed by atoms with van der Waals surface area (Å²) in [5.74, 6) is -3.06. The van der Waals surface area contributed by atoms with E-state index >= 15 is 0 Å². The van der Waals surface area contributed by atoms with Crippen LogP contribution in [0.5, 0.6) is 0 Å². The molecule has 2 aliphatic heterocycles. The van der Waals surface area contributed by atoms with Crippen LogP contribution in [0.4, 0.5) is 0 Å². The van der Waals surface area contributed by atoms with E-state index in [1.165, 1.54) is 11.3 Å². The summed E-state index contributed by atoms with van der Waals surface area (Å²) < 4.78 is 0. The third kappa shape index (κ3) is 4.08. The summed E-state index contributed by atoms with van der Waals surface area (Å²) in [6.45, 7) is 4.14. The van der Waals surface area contributed by atoms with Crippen molar-refractivity contribution in [3.63, 3.8) is 0 Å². The van der Waals surface area contributed by atoms with Gasteiger partial charge in [-0.3, -0.25) is 24.6 Å². The van der Waals surface area contributed by atoms with Crippen LogP contribution in [0.15, 0.2) is 48.5 Å². The summed E-state index contributed by atoms with van der Waals surface area (Å²) in [5.41, 5.74) is 2.36. The first-order valence-corrected chi connectivity index (χ1v) is 12.8. The van der Waals surface area contributed by atoms with Gasteiger partial charge < -0.3 is 5.11 Å². The van der Waals surface area contributed by atoms with Crippen LogP contribution >= 0.6 is 0 Å². The number of fused-ring (bicyclic) bond motifs is 1. The van der Waals surface area contributed by atoms with Crippen molar-refractivity contribution >= 4 is 17.8 Å². The van der Waals surface area contributed by atoms with Crippen LogP contribution in [0.1, 0.15) is 66.8 Å². The van der Waals surface area contributed by atoms with Crippen molar-refractivity contribution in [2.45, 2.75) is 70.5 Å². The lowest BCUT2D eigenvalue weighted by Crippen LogP contribution is -2.56. The quantitative estimate of drug-likeness (QED) is 0.600. The Labute approximate surface area is 206 Å². The Morgan fingerprint density at radius 1 is 1.03 bits per heavy atom. The number of aliphatic carboxylic acids is 1. The molecule has 4 unspecified atom stereocenters. The molecule has 3 aliphatic rings. The van der Waals surface area contributed by atoms with E-state index in [1.807, 2.05) is 62.4 Å². The Morgan fingerprint density at radius 2 is 1.74 bits per heavy atom. The number of benzene rings is 2. The lowest BCUT2D eigenvalue weighted by molar-refractivity contribution is -0.152. The Balaban J connectivity index is 1.59. The Morgan fingerprint density at radius 3 is 2.43 bits per heavy atom. The Bertz CT molecular complexity index is 1140. The number of nitrogens with zero attached hydrogens (tertiary/aromatic N) is 1. The van der Waals surface area contributed by atoms with Gasteiger partial charge in [0.15, 0.2) is 0 Å². The number of carbonyl (C=O) groups is 3. The molecular weight excluding hydrogens is 440 g/mol. The van der Waals surface area contributed by atoms with E-state index in [0.29, 0.717) is 6.42 Å². The molecule has 35 heavy (non-hydrogen) atoms. The van der Waals surface area contributed by atoms with E-state index in [-0.39, 0.29) is 24.3 Å². The van der Waals surface area contributed by atoms with Gasteiger partial charge in [0.05, 0.1) is 18.4 Å². The summed E-state index contributed by atoms with van der Waals surface area (Å²) in [6, 6.07) is 15.0. The van der Waals surface area contributed by atoms with Gasteiger partial charge in [0.25, 0.3) is 0 Å². The van der Waals surface area contributed by atoms with Gasteiger partial charge in [-0.25, -0.2) is 0 Å². The monoisotopic (exact) mass is 474 g/mol. The van der Waals surface area contributed by atoms with Crippen molar-refractivity contribution < 1.29 is 19.5 Å². The van der Waals surface area contributed by atoms with Crippen molar-refractivity contribution in [1.29, 1.82) is 0 Å². The highest BCUT2D eigenvalue weighted by Crippen LogP contribution is 2.52. The van der Waals surface area contributed by atoms with Crippen LogP contribution in [-0.4, -0.2) is 33.3 Å². The smallest absolute Gasteiger partial charge is 0.324 e. The highest BCUT2D eigenvalue weighted by atomic mass is 16.4. The molecule has 1 saturated carbocycles. The second kappa shape index (κ2) is 9.23. The molecule has 5 rings (SSSR count). The topological polar surface area (TPSA) is 86.7 Å². The second-order valence-corrected chi connectivity index (χ2v) is 10.7. The lowest BCUT2D eigenvalue weighted by Gasteiger charge is -2.35. The minimum Gasteiger partial charge on any atom is -0.480 e. The molecular formula is C29H34N2O4. The van der Waals surface area contributed by atoms with Crippen molar-refractivity contribution in [1.82, 2.24) is 10.2 Å². The largest absolute Gasteiger partial charge is 0.480 e. The zero-order valence-corrected chi connectivity index (χ0v) is 20.5. The molecule has 3 fully saturated rings. The Hall–Kier alpha value is -2.99. The molecule has 4 atom stereocenters. The normalized spacial score (nSPS) is 29.0. The molecule has 6 nitrogen and oxygen atoms in total. The van der Waals surface area contributed by atoms with Crippen LogP contribution in [0.3, 0.4) is 0 Å². The van der Waals surface area contributed by atoms with Gasteiger partial charge in [-0.2, -0.15) is 0 Å². The fourth-order valence-electron chi connectivity index (χ4n) is 6.66. The molecule has 2 saturated heterocycles. The van der Waals surface area contributed by atoms with Crippen molar-refractivity contribution in [3.8, 4) is 0 Å². The Kier molecular flexibility index (Phi) is 6.26. The average Bonchev–Trinajstić information content (AvgIpc) is 3.32. The van der Waals surface area contributed by atoms with Gasteiger partial charge in [-0.05, 0) is 42.9 Å². The van der Waals surface area contributed by atoms with Crippen molar-refractivity contribution in [2.75, 3.05) is 0 Å². The molecule has 0 aromatic heterocycles. The van der Waals surface area contributed by atoms with Crippen LogP contribution < -0.4 is 5.32 Å². The molecule has 6 heteroatoms. The summed E-state index contributed by atoms with van der Waals surface area (Å²) in [7, 11) is 0. The number of amides is 2. The fourth-order valence-corrected chi connectivity index (χ4v) is 6.66. The summed E-state index contributed by atoms with van der Waals surface area (Å²) in [5, 5.41) is 14.1. The number of hydrogen-bond acceptors (Lipinski definition) is 4. The predicted molar refractivity (Wildman–Crippen MR) is 132 cm³/mol. The minimum atomic E-state index is -1.45. The number of imide groups is 1. The number of carboxylic acids is 1. The molecule has 2 aromatic rings. The van der Waals surface area contributed by atoms with Crippen molar-refractivity contribution in [3.05, 3.63) is 70.8 Å². The first-order chi connectivity index (χ1) is 16.8. The van der Waals surface area contributed by atoms with E-state index in [4.69, 9.17) is 0 Å². The van der Waals surface area contributed by atoms with Crippen LogP contribution in [-0.2, 0) is 20.9 Å². The summed E-state index contributed by atoms with van der Waals surface area (Å²) in [6.07, 6.45) is 5.66. The second-order valence-electron chi connectivity index (χ2n) is 10.7. The van der Waals surface area contributed by atoms with E-state index < -0.39 is 29.4 Å². The maximum Gasteiger partial charge on any atom is 0.324 e. The van der Waals surface area contributed by atoms with E-state index in [0.717, 1.165) is 47.9 Å². The zero-order chi connectivity index (χ0) is 24.7. The highest BCUT2D eigenvalue weighted by Gasteiger charge is 2.68. The van der Waals surface area contributed by atoms with Gasteiger partial charge >= 0.3 is 5.97 Å². The van der Waals surface area contributed by atoms with E-state index in [9.17, 15) is 19.5 Å². The maximum absolute atomic E-state index is 13.9. The van der Waals surface area contributed by atoms with E-state index in [1.54, 1.807) is 0 Å². The molecule has 0 radical (unpaired) electrons. The molecule has 184 valence electrons. The minimum absolute atomic E-state index is 0.171. The number of aryl methyl sites for hydroxylation is 2.